The van der Waals surface area contributed by atoms with Crippen LogP contribution in [0.1, 0.15) is 23.0 Å². The van der Waals surface area contributed by atoms with Crippen LogP contribution in [-0.2, 0) is 11.0 Å². The van der Waals surface area contributed by atoms with E-state index in [-0.39, 0.29) is 27.5 Å². The molecule has 0 amide bonds. The number of hydrogen-bond acceptors (Lipinski definition) is 4. The molecule has 30 heavy (non-hydrogen) atoms. The molecule has 3 aromatic rings. The molecule has 10 heteroatoms. The van der Waals surface area contributed by atoms with Gasteiger partial charge in [0.25, 0.3) is 4.60 Å². The van der Waals surface area contributed by atoms with Crippen LogP contribution >= 0.6 is 15.9 Å². The van der Waals surface area contributed by atoms with E-state index >= 15 is 0 Å². The van der Waals surface area contributed by atoms with E-state index in [9.17, 15) is 28.0 Å². The van der Waals surface area contributed by atoms with Crippen LogP contribution in [0.4, 0.5) is 13.2 Å². The lowest BCUT2D eigenvalue weighted by atomic mass is 10.1. The Morgan fingerprint density at radius 1 is 1.13 bits per heavy atom. The second-order valence-electron chi connectivity index (χ2n) is 6.25. The van der Waals surface area contributed by atoms with Gasteiger partial charge in [0.15, 0.2) is 12.0 Å². The zero-order valence-electron chi connectivity index (χ0n) is 15.4. The number of benzene rings is 1. The highest BCUT2D eigenvalue weighted by Gasteiger charge is 2.30. The Bertz CT molecular complexity index is 1150. The van der Waals surface area contributed by atoms with Crippen molar-refractivity contribution in [2.45, 2.75) is 13.1 Å². The van der Waals surface area contributed by atoms with Crippen LogP contribution in [0.25, 0.3) is 16.9 Å². The summed E-state index contributed by atoms with van der Waals surface area (Å²) >= 11 is 3.08. The van der Waals surface area contributed by atoms with E-state index in [1.165, 1.54) is 42.1 Å². The van der Waals surface area contributed by atoms with E-state index in [0.29, 0.717) is 10.3 Å². The van der Waals surface area contributed by atoms with Crippen molar-refractivity contribution in [1.29, 1.82) is 0 Å². The molecule has 3 rings (SSSR count). The average Bonchev–Trinajstić information content (AvgIpc) is 3.13. The quantitative estimate of drug-likeness (QED) is 0.180. The Balaban J connectivity index is 2.12. The SMILES string of the molecule is CC(=O)/C=C\C(=O)c1cc(-c2ccc(Br)[n+]([O-])c2)nn1-c1ccc(C(F)(F)F)cc1. The molecule has 0 spiro atoms. The normalized spacial score (nSPS) is 11.8. The summed E-state index contributed by atoms with van der Waals surface area (Å²) in [6, 6.07) is 8.60. The lowest BCUT2D eigenvalue weighted by molar-refractivity contribution is -0.616. The Morgan fingerprint density at radius 2 is 1.80 bits per heavy atom. The molecule has 2 heterocycles. The predicted molar refractivity (Wildman–Crippen MR) is 105 cm³/mol. The number of hydrogen-bond donors (Lipinski definition) is 0. The van der Waals surface area contributed by atoms with E-state index in [2.05, 4.69) is 21.0 Å². The molecule has 2 aromatic heterocycles. The highest BCUT2D eigenvalue weighted by atomic mass is 79.9. The first kappa shape index (κ1) is 21.4. The first-order valence-electron chi connectivity index (χ1n) is 8.46. The number of ketones is 2. The van der Waals surface area contributed by atoms with Gasteiger partial charge in [-0.25, -0.2) is 4.68 Å². The third-order valence-electron chi connectivity index (χ3n) is 4.03. The van der Waals surface area contributed by atoms with Crippen LogP contribution < -0.4 is 4.73 Å². The lowest BCUT2D eigenvalue weighted by Gasteiger charge is -2.09. The van der Waals surface area contributed by atoms with Crippen LogP contribution in [0.3, 0.4) is 0 Å². The third-order valence-corrected chi connectivity index (χ3v) is 4.65. The van der Waals surface area contributed by atoms with Gasteiger partial charge in [-0.3, -0.25) is 9.59 Å². The number of nitrogens with zero attached hydrogens (tertiary/aromatic N) is 3. The highest BCUT2D eigenvalue weighted by molar-refractivity contribution is 9.10. The minimum absolute atomic E-state index is 0.0163. The predicted octanol–water partition coefficient (Wildman–Crippen LogP) is 4.28. The fraction of sp³-hybridized carbons (Fsp3) is 0.100. The molecule has 0 saturated heterocycles. The summed E-state index contributed by atoms with van der Waals surface area (Å²) in [4.78, 5) is 23.7. The van der Waals surface area contributed by atoms with Crippen LogP contribution in [-0.4, -0.2) is 21.3 Å². The Kier molecular flexibility index (Phi) is 5.88. The Labute approximate surface area is 177 Å². The zero-order valence-corrected chi connectivity index (χ0v) is 16.9. The van der Waals surface area contributed by atoms with Gasteiger partial charge in [0.1, 0.15) is 5.69 Å². The number of allylic oxidation sites excluding steroid dienone is 2. The molecular formula is C20H13BrF3N3O3. The maximum atomic E-state index is 12.8. The molecule has 0 unspecified atom stereocenters. The summed E-state index contributed by atoms with van der Waals surface area (Å²) in [5, 5.41) is 16.1. The van der Waals surface area contributed by atoms with E-state index in [0.717, 1.165) is 24.3 Å². The average molecular weight is 480 g/mol. The lowest BCUT2D eigenvalue weighted by Crippen LogP contribution is -2.27. The summed E-state index contributed by atoms with van der Waals surface area (Å²) in [5.74, 6) is -0.916. The number of carbonyl (C=O) groups is 2. The monoisotopic (exact) mass is 479 g/mol. The molecular weight excluding hydrogens is 467 g/mol. The van der Waals surface area contributed by atoms with Crippen molar-refractivity contribution in [1.82, 2.24) is 9.78 Å². The number of alkyl halides is 3. The Morgan fingerprint density at radius 3 is 2.37 bits per heavy atom. The number of halogens is 4. The van der Waals surface area contributed by atoms with E-state index in [1.807, 2.05) is 0 Å². The van der Waals surface area contributed by atoms with Gasteiger partial charge in [-0.15, -0.1) is 0 Å². The maximum absolute atomic E-state index is 12.8. The van der Waals surface area contributed by atoms with Crippen molar-refractivity contribution < 1.29 is 27.5 Å². The van der Waals surface area contributed by atoms with E-state index in [4.69, 9.17) is 0 Å². The van der Waals surface area contributed by atoms with Gasteiger partial charge in [-0.05, 0) is 55.5 Å². The molecule has 0 aliphatic rings. The summed E-state index contributed by atoms with van der Waals surface area (Å²) < 4.78 is 40.5. The number of carbonyl (C=O) groups excluding carboxylic acids is 2. The van der Waals surface area contributed by atoms with Crippen molar-refractivity contribution in [2.24, 2.45) is 0 Å². The maximum Gasteiger partial charge on any atom is 0.416 e. The van der Waals surface area contributed by atoms with Gasteiger partial charge in [0.05, 0.1) is 22.5 Å². The first-order chi connectivity index (χ1) is 14.1. The van der Waals surface area contributed by atoms with Gasteiger partial charge in [-0.2, -0.15) is 23.0 Å². The van der Waals surface area contributed by atoms with Crippen LogP contribution in [0.15, 0.2) is 65.4 Å². The van der Waals surface area contributed by atoms with Crippen LogP contribution in [0.2, 0.25) is 0 Å². The van der Waals surface area contributed by atoms with E-state index in [1.54, 1.807) is 6.07 Å². The van der Waals surface area contributed by atoms with Crippen molar-refractivity contribution in [3.8, 4) is 16.9 Å². The summed E-state index contributed by atoms with van der Waals surface area (Å²) in [7, 11) is 0. The van der Waals surface area contributed by atoms with Gasteiger partial charge < -0.3 is 5.21 Å². The largest absolute Gasteiger partial charge is 0.618 e. The molecule has 0 saturated carbocycles. The standard InChI is InChI=1S/C20H13BrF3N3O3/c1-12(28)2-8-18(29)17-10-16(13-3-9-19(21)26(30)11-13)25-27(17)15-6-4-14(5-7-15)20(22,23)24/h2-11H,1H3/b8-2-. The molecule has 0 aliphatic heterocycles. The minimum Gasteiger partial charge on any atom is -0.618 e. The molecule has 154 valence electrons. The molecule has 1 aromatic carbocycles. The van der Waals surface area contributed by atoms with Crippen molar-refractivity contribution >= 4 is 27.5 Å². The fourth-order valence-corrected chi connectivity index (χ4v) is 2.81. The fourth-order valence-electron chi connectivity index (χ4n) is 2.58. The van der Waals surface area contributed by atoms with Crippen molar-refractivity contribution in [3.63, 3.8) is 0 Å². The van der Waals surface area contributed by atoms with Crippen molar-refractivity contribution in [3.05, 3.63) is 81.9 Å². The van der Waals surface area contributed by atoms with E-state index < -0.39 is 17.5 Å². The molecule has 0 fully saturated rings. The molecule has 0 N–H and O–H groups in total. The highest BCUT2D eigenvalue weighted by Crippen LogP contribution is 2.30. The van der Waals surface area contributed by atoms with Crippen LogP contribution in [0, 0.1) is 5.21 Å². The summed E-state index contributed by atoms with van der Waals surface area (Å²) in [6.07, 6.45) is -1.13. The molecule has 0 bridgehead atoms. The zero-order chi connectivity index (χ0) is 22.1. The number of rotatable bonds is 5. The smallest absolute Gasteiger partial charge is 0.416 e. The summed E-state index contributed by atoms with van der Waals surface area (Å²) in [6.45, 7) is 1.27. The van der Waals surface area contributed by atoms with Gasteiger partial charge in [0, 0.05) is 22.0 Å². The topological polar surface area (TPSA) is 78.9 Å². The van der Waals surface area contributed by atoms with Crippen LogP contribution in [0.5, 0.6) is 0 Å². The molecule has 0 radical (unpaired) electrons. The second-order valence-corrected chi connectivity index (χ2v) is 7.06. The summed E-state index contributed by atoms with van der Waals surface area (Å²) in [5.41, 5.74) is 0.0295. The first-order valence-corrected chi connectivity index (χ1v) is 9.25. The molecule has 0 atom stereocenters. The van der Waals surface area contributed by atoms with Gasteiger partial charge in [0.2, 0.25) is 5.78 Å². The molecule has 6 nitrogen and oxygen atoms in total. The number of pyridine rings is 1. The number of aromatic nitrogens is 3. The minimum atomic E-state index is -4.50. The van der Waals surface area contributed by atoms with Gasteiger partial charge >= 0.3 is 6.18 Å². The van der Waals surface area contributed by atoms with Gasteiger partial charge in [-0.1, -0.05) is 0 Å². The Hall–Kier alpha value is -3.27. The molecule has 0 aliphatic carbocycles. The third kappa shape index (κ3) is 4.65. The van der Waals surface area contributed by atoms with Crippen molar-refractivity contribution in [2.75, 3.05) is 0 Å². The second kappa shape index (κ2) is 8.23.